The SMILES string of the molecule is O=C(Cc1ccc(Br)cc1)N1CCN(C(=O)Cc2c[nH]c3ccccc23)CC1. The van der Waals surface area contributed by atoms with Gasteiger partial charge in [-0.25, -0.2) is 0 Å². The lowest BCUT2D eigenvalue weighted by Gasteiger charge is -2.35. The van der Waals surface area contributed by atoms with Gasteiger partial charge < -0.3 is 14.8 Å². The maximum absolute atomic E-state index is 12.7. The minimum absolute atomic E-state index is 0.116. The number of carbonyl (C=O) groups excluding carboxylic acids is 2. The Morgan fingerprint density at radius 1 is 0.857 bits per heavy atom. The third kappa shape index (κ3) is 4.12. The number of halogens is 1. The Morgan fingerprint density at radius 2 is 1.46 bits per heavy atom. The van der Waals surface area contributed by atoms with Gasteiger partial charge in [-0.05, 0) is 29.3 Å². The third-order valence-electron chi connectivity index (χ3n) is 5.27. The molecule has 3 aromatic rings. The maximum atomic E-state index is 12.7. The van der Waals surface area contributed by atoms with E-state index in [0.29, 0.717) is 39.0 Å². The first-order valence-corrected chi connectivity index (χ1v) is 10.2. The predicted molar refractivity (Wildman–Crippen MR) is 113 cm³/mol. The number of benzene rings is 2. The topological polar surface area (TPSA) is 56.4 Å². The highest BCUT2D eigenvalue weighted by atomic mass is 79.9. The lowest BCUT2D eigenvalue weighted by molar-refractivity contribution is -0.138. The van der Waals surface area contributed by atoms with Gasteiger partial charge in [0.25, 0.3) is 0 Å². The number of aromatic nitrogens is 1. The van der Waals surface area contributed by atoms with Crippen LogP contribution in [0.2, 0.25) is 0 Å². The van der Waals surface area contributed by atoms with E-state index in [1.165, 1.54) is 0 Å². The molecule has 5 nitrogen and oxygen atoms in total. The molecule has 4 rings (SSSR count). The average molecular weight is 440 g/mol. The van der Waals surface area contributed by atoms with Crippen LogP contribution in [-0.4, -0.2) is 52.8 Å². The van der Waals surface area contributed by atoms with Crippen LogP contribution >= 0.6 is 15.9 Å². The fourth-order valence-electron chi connectivity index (χ4n) is 3.65. The molecule has 1 saturated heterocycles. The van der Waals surface area contributed by atoms with Gasteiger partial charge in [0.05, 0.1) is 12.8 Å². The highest BCUT2D eigenvalue weighted by Gasteiger charge is 2.24. The Balaban J connectivity index is 1.31. The number of hydrogen-bond donors (Lipinski definition) is 1. The molecule has 2 heterocycles. The molecule has 1 N–H and O–H groups in total. The molecule has 2 amide bonds. The van der Waals surface area contributed by atoms with E-state index in [9.17, 15) is 9.59 Å². The number of amides is 2. The summed E-state index contributed by atoms with van der Waals surface area (Å²) in [6.45, 7) is 2.37. The van der Waals surface area contributed by atoms with Gasteiger partial charge in [0.15, 0.2) is 0 Å². The lowest BCUT2D eigenvalue weighted by atomic mass is 10.1. The molecule has 1 aliphatic rings. The summed E-state index contributed by atoms with van der Waals surface area (Å²) in [5, 5.41) is 1.10. The fraction of sp³-hybridized carbons (Fsp3) is 0.273. The smallest absolute Gasteiger partial charge is 0.227 e. The second-order valence-corrected chi connectivity index (χ2v) is 8.02. The number of hydrogen-bond acceptors (Lipinski definition) is 2. The summed E-state index contributed by atoms with van der Waals surface area (Å²) in [5.74, 6) is 0.232. The predicted octanol–water partition coefficient (Wildman–Crippen LogP) is 3.39. The number of carbonyl (C=O) groups is 2. The molecule has 0 bridgehead atoms. The van der Waals surface area contributed by atoms with Crippen molar-refractivity contribution in [2.24, 2.45) is 0 Å². The Morgan fingerprint density at radius 3 is 2.14 bits per heavy atom. The number of nitrogens with zero attached hydrogens (tertiary/aromatic N) is 2. The van der Waals surface area contributed by atoms with Gasteiger partial charge in [0.1, 0.15) is 0 Å². The summed E-state index contributed by atoms with van der Waals surface area (Å²) in [6, 6.07) is 15.8. The third-order valence-corrected chi connectivity index (χ3v) is 5.80. The first-order chi connectivity index (χ1) is 13.6. The summed E-state index contributed by atoms with van der Waals surface area (Å²) < 4.78 is 1.01. The quantitative estimate of drug-likeness (QED) is 0.677. The Kier molecular flexibility index (Phi) is 5.48. The maximum Gasteiger partial charge on any atom is 0.227 e. The number of piperazine rings is 1. The van der Waals surface area contributed by atoms with Crippen molar-refractivity contribution >= 4 is 38.6 Å². The minimum atomic E-state index is 0.116. The molecule has 1 fully saturated rings. The molecular weight excluding hydrogens is 418 g/mol. The zero-order chi connectivity index (χ0) is 19.5. The first-order valence-electron chi connectivity index (χ1n) is 9.45. The molecule has 0 saturated carbocycles. The standard InChI is InChI=1S/C22H22BrN3O2/c23-18-7-5-16(6-8-18)13-21(27)25-9-11-26(12-10-25)22(28)14-17-15-24-20-4-2-1-3-19(17)20/h1-8,15,24H,9-14H2. The van der Waals surface area contributed by atoms with Crippen molar-refractivity contribution in [1.29, 1.82) is 0 Å². The van der Waals surface area contributed by atoms with E-state index >= 15 is 0 Å². The zero-order valence-electron chi connectivity index (χ0n) is 15.5. The first kappa shape index (κ1) is 18.7. The average Bonchev–Trinajstić information content (AvgIpc) is 3.13. The number of nitrogens with one attached hydrogen (secondary N) is 1. The molecule has 144 valence electrons. The summed E-state index contributed by atoms with van der Waals surface area (Å²) in [7, 11) is 0. The van der Waals surface area contributed by atoms with Crippen molar-refractivity contribution in [3.05, 3.63) is 70.3 Å². The van der Waals surface area contributed by atoms with E-state index in [-0.39, 0.29) is 11.8 Å². The molecular formula is C22H22BrN3O2. The number of H-pyrrole nitrogens is 1. The van der Waals surface area contributed by atoms with Crippen LogP contribution < -0.4 is 0 Å². The lowest BCUT2D eigenvalue weighted by Crippen LogP contribution is -2.51. The van der Waals surface area contributed by atoms with Crippen molar-refractivity contribution in [1.82, 2.24) is 14.8 Å². The monoisotopic (exact) mass is 439 g/mol. The normalized spacial score (nSPS) is 14.5. The number of para-hydroxylation sites is 1. The van der Waals surface area contributed by atoms with Crippen molar-refractivity contribution < 1.29 is 9.59 Å². The van der Waals surface area contributed by atoms with Crippen LogP contribution in [0.25, 0.3) is 10.9 Å². The Labute approximate surface area is 172 Å². The molecule has 2 aromatic carbocycles. The fourth-order valence-corrected chi connectivity index (χ4v) is 3.91. The van der Waals surface area contributed by atoms with Crippen LogP contribution in [0.4, 0.5) is 0 Å². The van der Waals surface area contributed by atoms with Crippen LogP contribution in [0.5, 0.6) is 0 Å². The van der Waals surface area contributed by atoms with Crippen molar-refractivity contribution in [2.75, 3.05) is 26.2 Å². The molecule has 6 heteroatoms. The van der Waals surface area contributed by atoms with E-state index in [0.717, 1.165) is 26.5 Å². The van der Waals surface area contributed by atoms with Gasteiger partial charge in [0.2, 0.25) is 11.8 Å². The second kappa shape index (κ2) is 8.19. The van der Waals surface area contributed by atoms with Crippen molar-refractivity contribution in [3.63, 3.8) is 0 Å². The summed E-state index contributed by atoms with van der Waals surface area (Å²) in [4.78, 5) is 32.2. The van der Waals surface area contributed by atoms with Gasteiger partial charge in [-0.3, -0.25) is 9.59 Å². The van der Waals surface area contributed by atoms with Gasteiger partial charge in [-0.15, -0.1) is 0 Å². The molecule has 1 aromatic heterocycles. The van der Waals surface area contributed by atoms with Gasteiger partial charge in [-0.2, -0.15) is 0 Å². The largest absolute Gasteiger partial charge is 0.361 e. The highest BCUT2D eigenvalue weighted by molar-refractivity contribution is 9.10. The molecule has 0 unspecified atom stereocenters. The van der Waals surface area contributed by atoms with Crippen LogP contribution in [0.1, 0.15) is 11.1 Å². The van der Waals surface area contributed by atoms with E-state index in [2.05, 4.69) is 20.9 Å². The molecule has 28 heavy (non-hydrogen) atoms. The molecule has 0 spiro atoms. The molecule has 0 atom stereocenters. The van der Waals surface area contributed by atoms with Crippen molar-refractivity contribution in [2.45, 2.75) is 12.8 Å². The van der Waals surface area contributed by atoms with E-state index in [1.54, 1.807) is 0 Å². The van der Waals surface area contributed by atoms with E-state index in [1.807, 2.05) is 64.5 Å². The molecule has 0 aliphatic carbocycles. The van der Waals surface area contributed by atoms with E-state index in [4.69, 9.17) is 0 Å². The number of rotatable bonds is 4. The Hall–Kier alpha value is -2.60. The van der Waals surface area contributed by atoms with Crippen molar-refractivity contribution in [3.8, 4) is 0 Å². The Bertz CT molecular complexity index is 988. The minimum Gasteiger partial charge on any atom is -0.361 e. The number of fused-ring (bicyclic) bond motifs is 1. The highest BCUT2D eigenvalue weighted by Crippen LogP contribution is 2.19. The summed E-state index contributed by atoms with van der Waals surface area (Å²) >= 11 is 3.41. The van der Waals surface area contributed by atoms with Gasteiger partial charge in [0, 0.05) is 47.8 Å². The van der Waals surface area contributed by atoms with Crippen LogP contribution in [0, 0.1) is 0 Å². The van der Waals surface area contributed by atoms with Crippen LogP contribution in [0.3, 0.4) is 0 Å². The summed E-state index contributed by atoms with van der Waals surface area (Å²) in [6.07, 6.45) is 2.70. The number of aromatic amines is 1. The molecule has 0 radical (unpaired) electrons. The summed E-state index contributed by atoms with van der Waals surface area (Å²) in [5.41, 5.74) is 3.08. The van der Waals surface area contributed by atoms with Crippen LogP contribution in [0.15, 0.2) is 59.2 Å². The van der Waals surface area contributed by atoms with Gasteiger partial charge in [-0.1, -0.05) is 46.3 Å². The van der Waals surface area contributed by atoms with Gasteiger partial charge >= 0.3 is 0 Å². The second-order valence-electron chi connectivity index (χ2n) is 7.10. The molecule has 1 aliphatic heterocycles. The van der Waals surface area contributed by atoms with E-state index < -0.39 is 0 Å². The van der Waals surface area contributed by atoms with Crippen LogP contribution in [-0.2, 0) is 22.4 Å². The zero-order valence-corrected chi connectivity index (χ0v) is 17.1.